The van der Waals surface area contributed by atoms with Crippen molar-refractivity contribution in [1.82, 2.24) is 15.1 Å². The number of hydrogen-bond acceptors (Lipinski definition) is 4. The maximum absolute atomic E-state index is 11.8. The minimum Gasteiger partial charge on any atom is -0.351 e. The van der Waals surface area contributed by atoms with Crippen LogP contribution in [0.15, 0.2) is 24.3 Å². The Bertz CT molecular complexity index is 501. The summed E-state index contributed by atoms with van der Waals surface area (Å²) in [5.74, 6) is -0.0604. The molecule has 1 aromatic carbocycles. The molecular formula is C19H33ClN4O. The van der Waals surface area contributed by atoms with Crippen LogP contribution < -0.4 is 11.1 Å². The van der Waals surface area contributed by atoms with Crippen LogP contribution in [0, 0.1) is 0 Å². The maximum Gasteiger partial charge on any atom is 0.237 e. The average molecular weight is 369 g/mol. The Hall–Kier alpha value is -1.14. The van der Waals surface area contributed by atoms with Crippen molar-refractivity contribution in [2.24, 2.45) is 5.73 Å². The average Bonchev–Trinajstić information content (AvgIpc) is 2.61. The number of nitrogens with zero attached hydrogens (tertiary/aromatic N) is 2. The van der Waals surface area contributed by atoms with Crippen LogP contribution in [-0.4, -0.2) is 54.5 Å². The lowest BCUT2D eigenvalue weighted by molar-refractivity contribution is -0.122. The molecule has 1 aromatic rings. The number of hydrogen-bond donors (Lipinski definition) is 2. The Balaban J connectivity index is 0.00000312. The van der Waals surface area contributed by atoms with Gasteiger partial charge in [-0.25, -0.2) is 0 Å². The molecule has 0 bridgehead atoms. The summed E-state index contributed by atoms with van der Waals surface area (Å²) in [6.07, 6.45) is 1.66. The third-order valence-corrected chi connectivity index (χ3v) is 4.74. The number of piperazine rings is 1. The molecule has 1 aliphatic heterocycles. The highest BCUT2D eigenvalue weighted by atomic mass is 35.5. The summed E-state index contributed by atoms with van der Waals surface area (Å²) < 4.78 is 0. The summed E-state index contributed by atoms with van der Waals surface area (Å²) in [6, 6.07) is 8.14. The van der Waals surface area contributed by atoms with Crippen molar-refractivity contribution >= 4 is 18.3 Å². The summed E-state index contributed by atoms with van der Waals surface area (Å²) in [7, 11) is 0. The molecule has 1 fully saturated rings. The predicted octanol–water partition coefficient (Wildman–Crippen LogP) is 1.99. The molecule has 0 spiro atoms. The van der Waals surface area contributed by atoms with Gasteiger partial charge in [0, 0.05) is 39.3 Å². The fourth-order valence-electron chi connectivity index (χ4n) is 3.05. The molecule has 1 atom stereocenters. The molecule has 1 heterocycles. The Morgan fingerprint density at radius 1 is 1.08 bits per heavy atom. The van der Waals surface area contributed by atoms with E-state index >= 15 is 0 Å². The van der Waals surface area contributed by atoms with Gasteiger partial charge < -0.3 is 16.0 Å². The van der Waals surface area contributed by atoms with E-state index in [1.54, 1.807) is 0 Å². The molecule has 1 aliphatic rings. The number of nitrogens with one attached hydrogen (secondary N) is 1. The summed E-state index contributed by atoms with van der Waals surface area (Å²) in [5.41, 5.74) is 8.27. The Morgan fingerprint density at radius 2 is 1.64 bits per heavy atom. The minimum atomic E-state index is -0.393. The van der Waals surface area contributed by atoms with Gasteiger partial charge in [0.2, 0.25) is 5.91 Å². The molecule has 1 unspecified atom stereocenters. The lowest BCUT2D eigenvalue weighted by Crippen LogP contribution is -2.45. The lowest BCUT2D eigenvalue weighted by Gasteiger charge is -2.34. The third-order valence-electron chi connectivity index (χ3n) is 4.74. The van der Waals surface area contributed by atoms with Crippen molar-refractivity contribution in [2.45, 2.75) is 45.8 Å². The van der Waals surface area contributed by atoms with Gasteiger partial charge in [-0.3, -0.25) is 9.69 Å². The van der Waals surface area contributed by atoms with Gasteiger partial charge in [0.1, 0.15) is 0 Å². The number of amides is 1. The molecule has 0 aliphatic carbocycles. The van der Waals surface area contributed by atoms with Gasteiger partial charge >= 0.3 is 0 Å². The number of halogens is 1. The van der Waals surface area contributed by atoms with Crippen LogP contribution in [0.1, 0.15) is 37.8 Å². The highest BCUT2D eigenvalue weighted by Gasteiger charge is 2.15. The molecule has 0 aromatic heterocycles. The number of likely N-dealkylation sites (N-methyl/N-ethyl adjacent to an activating group) is 1. The molecule has 0 radical (unpaired) electrons. The van der Waals surface area contributed by atoms with E-state index in [4.69, 9.17) is 5.73 Å². The molecule has 25 heavy (non-hydrogen) atoms. The van der Waals surface area contributed by atoms with E-state index in [0.29, 0.717) is 6.54 Å². The third kappa shape index (κ3) is 7.32. The smallest absolute Gasteiger partial charge is 0.237 e. The number of carbonyl (C=O) groups excluding carboxylic acids is 1. The molecule has 0 saturated carbocycles. The second-order valence-electron chi connectivity index (χ2n) is 6.64. The topological polar surface area (TPSA) is 61.6 Å². The van der Waals surface area contributed by atoms with Crippen molar-refractivity contribution in [3.63, 3.8) is 0 Å². The zero-order valence-electron chi connectivity index (χ0n) is 15.5. The fourth-order valence-corrected chi connectivity index (χ4v) is 3.05. The summed E-state index contributed by atoms with van der Waals surface area (Å²) >= 11 is 0. The van der Waals surface area contributed by atoms with Crippen LogP contribution >= 0.6 is 12.4 Å². The first kappa shape index (κ1) is 21.9. The SMILES string of the molecule is CCCC(N)C(=O)NCc1ccc(CN2CCN(CC)CC2)cc1.Cl. The normalized spacial score (nSPS) is 16.9. The number of benzene rings is 1. The number of rotatable bonds is 8. The van der Waals surface area contributed by atoms with Crippen molar-refractivity contribution in [2.75, 3.05) is 32.7 Å². The first-order valence-electron chi connectivity index (χ1n) is 9.18. The van der Waals surface area contributed by atoms with Crippen molar-refractivity contribution in [3.8, 4) is 0 Å². The standard InChI is InChI=1S/C19H32N4O.ClH/c1-3-5-18(20)19(24)21-14-16-6-8-17(9-7-16)15-23-12-10-22(4-2)11-13-23;/h6-9,18H,3-5,10-15,20H2,1-2H3,(H,21,24);1H. The summed E-state index contributed by atoms with van der Waals surface area (Å²) in [4.78, 5) is 16.8. The van der Waals surface area contributed by atoms with Gasteiger partial charge in [-0.15, -0.1) is 12.4 Å². The largest absolute Gasteiger partial charge is 0.351 e. The maximum atomic E-state index is 11.8. The fraction of sp³-hybridized carbons (Fsp3) is 0.632. The quantitative estimate of drug-likeness (QED) is 0.736. The van der Waals surface area contributed by atoms with E-state index in [1.807, 2.05) is 6.92 Å². The second-order valence-corrected chi connectivity index (χ2v) is 6.64. The van der Waals surface area contributed by atoms with Crippen molar-refractivity contribution in [3.05, 3.63) is 35.4 Å². The Kier molecular flexibility index (Phi) is 10.0. The molecule has 1 saturated heterocycles. The highest BCUT2D eigenvalue weighted by Crippen LogP contribution is 2.10. The Labute approximate surface area is 158 Å². The molecular weight excluding hydrogens is 336 g/mol. The van der Waals surface area contributed by atoms with Crippen LogP contribution in [0.3, 0.4) is 0 Å². The van der Waals surface area contributed by atoms with Gasteiger partial charge in [0.05, 0.1) is 6.04 Å². The Morgan fingerprint density at radius 3 is 2.20 bits per heavy atom. The zero-order chi connectivity index (χ0) is 17.4. The van der Waals surface area contributed by atoms with Crippen LogP contribution in [0.4, 0.5) is 0 Å². The highest BCUT2D eigenvalue weighted by molar-refractivity contribution is 5.85. The van der Waals surface area contributed by atoms with Crippen molar-refractivity contribution in [1.29, 1.82) is 0 Å². The van der Waals surface area contributed by atoms with E-state index in [1.165, 1.54) is 18.7 Å². The monoisotopic (exact) mass is 368 g/mol. The molecule has 5 nitrogen and oxygen atoms in total. The summed E-state index contributed by atoms with van der Waals surface area (Å²) in [6.45, 7) is 11.6. The van der Waals surface area contributed by atoms with Gasteiger partial charge in [-0.05, 0) is 24.1 Å². The van der Waals surface area contributed by atoms with Gasteiger partial charge in [-0.1, -0.05) is 44.5 Å². The van der Waals surface area contributed by atoms with E-state index < -0.39 is 6.04 Å². The zero-order valence-corrected chi connectivity index (χ0v) is 16.4. The van der Waals surface area contributed by atoms with E-state index in [9.17, 15) is 4.79 Å². The molecule has 6 heteroatoms. The number of nitrogens with two attached hydrogens (primary N) is 1. The summed E-state index contributed by atoms with van der Waals surface area (Å²) in [5, 5.41) is 2.92. The first-order valence-corrected chi connectivity index (χ1v) is 9.18. The minimum absolute atomic E-state index is 0. The first-order chi connectivity index (χ1) is 11.6. The predicted molar refractivity (Wildman–Crippen MR) is 106 cm³/mol. The van der Waals surface area contributed by atoms with E-state index in [0.717, 1.165) is 44.6 Å². The molecule has 142 valence electrons. The lowest BCUT2D eigenvalue weighted by atomic mass is 10.1. The molecule has 2 rings (SSSR count). The molecule has 3 N–H and O–H groups in total. The van der Waals surface area contributed by atoms with Crippen LogP contribution in [0.5, 0.6) is 0 Å². The van der Waals surface area contributed by atoms with Crippen LogP contribution in [0.2, 0.25) is 0 Å². The van der Waals surface area contributed by atoms with Gasteiger partial charge in [0.25, 0.3) is 0 Å². The van der Waals surface area contributed by atoms with Gasteiger partial charge in [0.15, 0.2) is 0 Å². The molecule has 1 amide bonds. The second kappa shape index (κ2) is 11.5. The van der Waals surface area contributed by atoms with Gasteiger partial charge in [-0.2, -0.15) is 0 Å². The van der Waals surface area contributed by atoms with Crippen molar-refractivity contribution < 1.29 is 4.79 Å². The van der Waals surface area contributed by atoms with E-state index in [2.05, 4.69) is 46.3 Å². The van der Waals surface area contributed by atoms with E-state index in [-0.39, 0.29) is 18.3 Å². The van der Waals surface area contributed by atoms with Crippen LogP contribution in [-0.2, 0) is 17.9 Å². The number of carbonyl (C=O) groups is 1. The van der Waals surface area contributed by atoms with Crippen LogP contribution in [0.25, 0.3) is 0 Å².